The minimum atomic E-state index is -0.481. The third-order valence-electron chi connectivity index (χ3n) is 3.15. The molecule has 0 saturated carbocycles. The lowest BCUT2D eigenvalue weighted by Gasteiger charge is -2.05. The molecule has 0 aromatic heterocycles. The molecule has 0 saturated heterocycles. The summed E-state index contributed by atoms with van der Waals surface area (Å²) in [6.07, 6.45) is 4.69. The third-order valence-corrected chi connectivity index (χ3v) is 3.15. The molecule has 2 aromatic rings. The van der Waals surface area contributed by atoms with Gasteiger partial charge in [-0.25, -0.2) is 9.59 Å². The normalized spacial score (nSPS) is 10.3. The lowest BCUT2D eigenvalue weighted by Crippen LogP contribution is -2.12. The molecule has 0 heterocycles. The predicted octanol–water partition coefficient (Wildman–Crippen LogP) is 3.74. The second-order valence-corrected chi connectivity index (χ2v) is 4.87. The summed E-state index contributed by atoms with van der Waals surface area (Å²) in [7, 11) is 0. The number of ether oxygens (including phenoxy) is 2. The molecule has 2 aromatic carbocycles. The van der Waals surface area contributed by atoms with Crippen LogP contribution in [0.1, 0.15) is 21.5 Å². The number of carbonyl (C=O) groups is 2. The zero-order chi connectivity index (χ0) is 17.2. The van der Waals surface area contributed by atoms with E-state index in [9.17, 15) is 9.59 Å². The number of rotatable bonds is 7. The fourth-order valence-corrected chi connectivity index (χ4v) is 1.89. The molecule has 24 heavy (non-hydrogen) atoms. The van der Waals surface area contributed by atoms with Gasteiger partial charge >= 0.3 is 11.9 Å². The van der Waals surface area contributed by atoms with E-state index in [1.807, 2.05) is 30.3 Å². The summed E-state index contributed by atoms with van der Waals surface area (Å²) in [5.41, 5.74) is 2.27. The highest BCUT2D eigenvalue weighted by atomic mass is 16.6. The number of benzene rings is 2. The number of hydrogen-bond acceptors (Lipinski definition) is 4. The van der Waals surface area contributed by atoms with Crippen LogP contribution in [0.4, 0.5) is 0 Å². The van der Waals surface area contributed by atoms with Crippen molar-refractivity contribution < 1.29 is 19.1 Å². The maximum atomic E-state index is 11.8. The second kappa shape index (κ2) is 9.10. The van der Waals surface area contributed by atoms with E-state index >= 15 is 0 Å². The van der Waals surface area contributed by atoms with Crippen LogP contribution >= 0.6 is 0 Å². The number of hydrogen-bond donors (Lipinski definition) is 0. The molecule has 0 atom stereocenters. The molecule has 0 N–H and O–H groups in total. The van der Waals surface area contributed by atoms with Gasteiger partial charge in [0.15, 0.2) is 0 Å². The van der Waals surface area contributed by atoms with E-state index in [-0.39, 0.29) is 13.2 Å². The van der Waals surface area contributed by atoms with Crippen LogP contribution in [0.15, 0.2) is 67.3 Å². The Morgan fingerprint density at radius 2 is 1.54 bits per heavy atom. The molecule has 4 heteroatoms. The van der Waals surface area contributed by atoms with Crippen LogP contribution in [0.2, 0.25) is 0 Å². The lowest BCUT2D eigenvalue weighted by atomic mass is 10.1. The Morgan fingerprint density at radius 1 is 0.875 bits per heavy atom. The molecule has 122 valence electrons. The van der Waals surface area contributed by atoms with Gasteiger partial charge in [-0.2, -0.15) is 0 Å². The Bertz CT molecular complexity index is 715. The maximum absolute atomic E-state index is 11.8. The highest BCUT2D eigenvalue weighted by molar-refractivity contribution is 5.89. The van der Waals surface area contributed by atoms with E-state index in [0.717, 1.165) is 11.1 Å². The van der Waals surface area contributed by atoms with Crippen molar-refractivity contribution in [2.75, 3.05) is 13.2 Å². The average Bonchev–Trinajstić information content (AvgIpc) is 2.64. The standard InChI is InChI=1S/C20H18O4/c1-2-16-8-11-18(12-9-16)20(22)24-15-14-23-19(21)13-10-17-6-4-3-5-7-17/h2-13H,1,14-15H2/b13-10+. The molecule has 0 bridgehead atoms. The van der Waals surface area contributed by atoms with E-state index in [1.54, 1.807) is 36.4 Å². The highest BCUT2D eigenvalue weighted by Gasteiger charge is 2.06. The minimum Gasteiger partial charge on any atom is -0.459 e. The first-order valence-electron chi connectivity index (χ1n) is 7.48. The van der Waals surface area contributed by atoms with Gasteiger partial charge in [0.1, 0.15) is 13.2 Å². The van der Waals surface area contributed by atoms with Gasteiger partial charge in [0, 0.05) is 6.08 Å². The maximum Gasteiger partial charge on any atom is 0.338 e. The molecular formula is C20H18O4. The minimum absolute atomic E-state index is 0.00690. The molecular weight excluding hydrogens is 304 g/mol. The van der Waals surface area contributed by atoms with Gasteiger partial charge in [0.05, 0.1) is 5.56 Å². The third kappa shape index (κ3) is 5.57. The first-order chi connectivity index (χ1) is 11.7. The van der Waals surface area contributed by atoms with Crippen molar-refractivity contribution in [2.24, 2.45) is 0 Å². The fourth-order valence-electron chi connectivity index (χ4n) is 1.89. The predicted molar refractivity (Wildman–Crippen MR) is 93.3 cm³/mol. The highest BCUT2D eigenvalue weighted by Crippen LogP contribution is 2.07. The Kier molecular flexibility index (Phi) is 6.53. The van der Waals surface area contributed by atoms with Crippen LogP contribution in [-0.2, 0) is 14.3 Å². The summed E-state index contributed by atoms with van der Waals surface area (Å²) in [5, 5.41) is 0. The summed E-state index contributed by atoms with van der Waals surface area (Å²) in [4.78, 5) is 23.3. The van der Waals surface area contributed by atoms with E-state index in [0.29, 0.717) is 5.56 Å². The van der Waals surface area contributed by atoms with Crippen molar-refractivity contribution in [3.05, 3.63) is 83.9 Å². The van der Waals surface area contributed by atoms with Crippen molar-refractivity contribution in [1.29, 1.82) is 0 Å². The van der Waals surface area contributed by atoms with Crippen molar-refractivity contribution in [3.63, 3.8) is 0 Å². The summed E-state index contributed by atoms with van der Waals surface area (Å²) in [6, 6.07) is 16.3. The van der Waals surface area contributed by atoms with Crippen molar-refractivity contribution in [3.8, 4) is 0 Å². The van der Waals surface area contributed by atoms with Gasteiger partial charge in [0.2, 0.25) is 0 Å². The smallest absolute Gasteiger partial charge is 0.338 e. The van der Waals surface area contributed by atoms with Gasteiger partial charge in [-0.05, 0) is 29.3 Å². The molecule has 0 aliphatic heterocycles. The van der Waals surface area contributed by atoms with Crippen LogP contribution in [0, 0.1) is 0 Å². The van der Waals surface area contributed by atoms with Gasteiger partial charge in [-0.3, -0.25) is 0 Å². The molecule has 4 nitrogen and oxygen atoms in total. The van der Waals surface area contributed by atoms with E-state index in [2.05, 4.69) is 6.58 Å². The van der Waals surface area contributed by atoms with Crippen molar-refractivity contribution in [1.82, 2.24) is 0 Å². The Morgan fingerprint density at radius 3 is 2.21 bits per heavy atom. The fraction of sp³-hybridized carbons (Fsp3) is 0.100. The van der Waals surface area contributed by atoms with Crippen LogP contribution < -0.4 is 0 Å². The Balaban J connectivity index is 1.70. The first kappa shape index (κ1) is 17.2. The molecule has 2 rings (SSSR count). The van der Waals surface area contributed by atoms with Crippen molar-refractivity contribution in [2.45, 2.75) is 0 Å². The van der Waals surface area contributed by atoms with E-state index in [4.69, 9.17) is 9.47 Å². The van der Waals surface area contributed by atoms with Crippen molar-refractivity contribution >= 4 is 24.1 Å². The summed E-state index contributed by atoms with van der Waals surface area (Å²) >= 11 is 0. The zero-order valence-corrected chi connectivity index (χ0v) is 13.2. The Hall–Kier alpha value is -3.14. The topological polar surface area (TPSA) is 52.6 Å². The zero-order valence-electron chi connectivity index (χ0n) is 13.2. The molecule has 0 aliphatic carbocycles. The average molecular weight is 322 g/mol. The number of carbonyl (C=O) groups excluding carboxylic acids is 2. The summed E-state index contributed by atoms with van der Waals surface area (Å²) < 4.78 is 10.0. The first-order valence-corrected chi connectivity index (χ1v) is 7.48. The molecule has 0 radical (unpaired) electrons. The Labute approximate surface area is 141 Å². The van der Waals surface area contributed by atoms with Crippen LogP contribution in [0.3, 0.4) is 0 Å². The van der Waals surface area contributed by atoms with Gasteiger partial charge in [-0.1, -0.05) is 55.1 Å². The largest absolute Gasteiger partial charge is 0.459 e. The van der Waals surface area contributed by atoms with Gasteiger partial charge in [-0.15, -0.1) is 0 Å². The summed E-state index contributed by atoms with van der Waals surface area (Å²) in [5.74, 6) is -0.938. The van der Waals surface area contributed by atoms with Gasteiger partial charge < -0.3 is 9.47 Å². The quantitative estimate of drug-likeness (QED) is 0.443. The molecule has 0 unspecified atom stereocenters. The SMILES string of the molecule is C=Cc1ccc(C(=O)OCCOC(=O)/C=C/c2ccccc2)cc1. The molecule has 0 fully saturated rings. The molecule has 0 amide bonds. The molecule has 0 spiro atoms. The second-order valence-electron chi connectivity index (χ2n) is 4.87. The monoisotopic (exact) mass is 322 g/mol. The van der Waals surface area contributed by atoms with Crippen LogP contribution in [0.25, 0.3) is 12.2 Å². The van der Waals surface area contributed by atoms with E-state index < -0.39 is 11.9 Å². The number of esters is 2. The lowest BCUT2D eigenvalue weighted by molar-refractivity contribution is -0.138. The van der Waals surface area contributed by atoms with Crippen LogP contribution in [0.5, 0.6) is 0 Å². The summed E-state index contributed by atoms with van der Waals surface area (Å²) in [6.45, 7) is 3.66. The van der Waals surface area contributed by atoms with Crippen LogP contribution in [-0.4, -0.2) is 25.2 Å². The van der Waals surface area contributed by atoms with Gasteiger partial charge in [0.25, 0.3) is 0 Å². The molecule has 0 aliphatic rings. The van der Waals surface area contributed by atoms with E-state index in [1.165, 1.54) is 6.08 Å².